The molecular formula is C22H24N4O3. The van der Waals surface area contributed by atoms with Gasteiger partial charge in [-0.15, -0.1) is 0 Å². The van der Waals surface area contributed by atoms with E-state index in [1.54, 1.807) is 43.3 Å². The zero-order valence-corrected chi connectivity index (χ0v) is 16.9. The topological polar surface area (TPSA) is 81.8 Å². The van der Waals surface area contributed by atoms with Crippen molar-refractivity contribution in [2.45, 2.75) is 25.4 Å². The third-order valence-corrected chi connectivity index (χ3v) is 5.84. The van der Waals surface area contributed by atoms with Crippen LogP contribution in [0.4, 0.5) is 11.4 Å². The highest BCUT2D eigenvalue weighted by Gasteiger charge is 2.59. The average Bonchev–Trinajstić information content (AvgIpc) is 3.01. The van der Waals surface area contributed by atoms with Crippen LogP contribution in [-0.2, 0) is 15.3 Å². The van der Waals surface area contributed by atoms with E-state index in [2.05, 4.69) is 24.5 Å². The molecule has 0 saturated carbocycles. The number of fused-ring (bicyclic) bond motifs is 3. The maximum atomic E-state index is 13.5. The number of nitrogens with zero attached hydrogens (tertiary/aromatic N) is 2. The van der Waals surface area contributed by atoms with Crippen molar-refractivity contribution in [1.29, 1.82) is 0 Å². The third kappa shape index (κ3) is 2.53. The second kappa shape index (κ2) is 6.62. The Bertz CT molecular complexity index is 1030. The molecule has 2 aromatic carbocycles. The highest BCUT2D eigenvalue weighted by Crippen LogP contribution is 2.49. The monoisotopic (exact) mass is 392 g/mol. The van der Waals surface area contributed by atoms with Crippen molar-refractivity contribution in [2.24, 2.45) is 0 Å². The summed E-state index contributed by atoms with van der Waals surface area (Å²) >= 11 is 0. The Balaban J connectivity index is 2.02. The standard InChI is InChI=1S/C22H24N4O3/c1-13(2)14-9-10-17-16(11-14)22(21(29)24-17)25(4)20(28)15-7-5-6-8-18(15)26(22)12-19(27)23-3/h5-11,13H,12H2,1-4H3,(H,23,27)(H,24,29)/t22-/m1/s1. The predicted molar refractivity (Wildman–Crippen MR) is 111 cm³/mol. The zero-order chi connectivity index (χ0) is 20.9. The lowest BCUT2D eigenvalue weighted by molar-refractivity contribution is -0.126. The van der Waals surface area contributed by atoms with Crippen LogP contribution in [0.25, 0.3) is 0 Å². The molecule has 29 heavy (non-hydrogen) atoms. The summed E-state index contributed by atoms with van der Waals surface area (Å²) in [7, 11) is 3.17. The number of hydrogen-bond acceptors (Lipinski definition) is 4. The van der Waals surface area contributed by atoms with E-state index in [0.717, 1.165) is 5.56 Å². The largest absolute Gasteiger partial charge is 0.358 e. The number of likely N-dealkylation sites (N-methyl/N-ethyl adjacent to an activating group) is 2. The van der Waals surface area contributed by atoms with Crippen LogP contribution in [0.5, 0.6) is 0 Å². The maximum Gasteiger partial charge on any atom is 0.276 e. The van der Waals surface area contributed by atoms with Crippen LogP contribution in [0.15, 0.2) is 42.5 Å². The normalized spacial score (nSPS) is 20.0. The van der Waals surface area contributed by atoms with E-state index < -0.39 is 5.66 Å². The molecule has 0 aromatic heterocycles. The fraction of sp³-hybridized carbons (Fsp3) is 0.318. The molecule has 7 heteroatoms. The third-order valence-electron chi connectivity index (χ3n) is 5.84. The van der Waals surface area contributed by atoms with Crippen LogP contribution in [0.3, 0.4) is 0 Å². The van der Waals surface area contributed by atoms with E-state index >= 15 is 0 Å². The number of anilines is 2. The first kappa shape index (κ1) is 19.0. The number of carbonyl (C=O) groups excluding carboxylic acids is 3. The van der Waals surface area contributed by atoms with E-state index in [4.69, 9.17) is 0 Å². The summed E-state index contributed by atoms with van der Waals surface area (Å²) in [5.41, 5.74) is 1.99. The summed E-state index contributed by atoms with van der Waals surface area (Å²) in [6.45, 7) is 4.09. The van der Waals surface area contributed by atoms with Gasteiger partial charge in [0.25, 0.3) is 11.8 Å². The van der Waals surface area contributed by atoms with Crippen LogP contribution < -0.4 is 15.5 Å². The molecular weight excluding hydrogens is 368 g/mol. The first-order valence-electron chi connectivity index (χ1n) is 9.63. The number of nitrogens with one attached hydrogen (secondary N) is 2. The first-order valence-corrected chi connectivity index (χ1v) is 9.63. The number of benzene rings is 2. The summed E-state index contributed by atoms with van der Waals surface area (Å²) in [6, 6.07) is 12.9. The molecule has 0 aliphatic carbocycles. The van der Waals surface area contributed by atoms with Gasteiger partial charge in [-0.25, -0.2) is 0 Å². The summed E-state index contributed by atoms with van der Waals surface area (Å²) in [5.74, 6) is -0.602. The summed E-state index contributed by atoms with van der Waals surface area (Å²) < 4.78 is 0. The van der Waals surface area contributed by atoms with E-state index in [0.29, 0.717) is 22.5 Å². The van der Waals surface area contributed by atoms with E-state index in [1.165, 1.54) is 4.90 Å². The van der Waals surface area contributed by atoms with Gasteiger partial charge in [0.15, 0.2) is 0 Å². The molecule has 4 rings (SSSR count). The first-order chi connectivity index (χ1) is 13.8. The molecule has 7 nitrogen and oxygen atoms in total. The molecule has 150 valence electrons. The minimum atomic E-state index is -1.43. The molecule has 1 atom stereocenters. The zero-order valence-electron chi connectivity index (χ0n) is 16.9. The van der Waals surface area contributed by atoms with Gasteiger partial charge in [-0.05, 0) is 35.7 Å². The quantitative estimate of drug-likeness (QED) is 0.840. The number of carbonyl (C=O) groups is 3. The Morgan fingerprint density at radius 1 is 1.17 bits per heavy atom. The van der Waals surface area contributed by atoms with Crippen molar-refractivity contribution in [1.82, 2.24) is 10.2 Å². The second-order valence-corrected chi connectivity index (χ2v) is 7.73. The molecule has 3 amide bonds. The van der Waals surface area contributed by atoms with Gasteiger partial charge in [-0.3, -0.25) is 14.4 Å². The van der Waals surface area contributed by atoms with Crippen LogP contribution in [0.1, 0.15) is 41.3 Å². The molecule has 0 radical (unpaired) electrons. The Morgan fingerprint density at radius 2 is 1.90 bits per heavy atom. The van der Waals surface area contributed by atoms with Crippen LogP contribution >= 0.6 is 0 Å². The van der Waals surface area contributed by atoms with Crippen molar-refractivity contribution < 1.29 is 14.4 Å². The average molecular weight is 392 g/mol. The molecule has 0 fully saturated rings. The summed E-state index contributed by atoms with van der Waals surface area (Å²) in [4.78, 5) is 42.3. The van der Waals surface area contributed by atoms with E-state index in [9.17, 15) is 14.4 Å². The van der Waals surface area contributed by atoms with Gasteiger partial charge >= 0.3 is 0 Å². The highest BCUT2D eigenvalue weighted by molar-refractivity contribution is 6.15. The van der Waals surface area contributed by atoms with Gasteiger partial charge < -0.3 is 20.4 Å². The van der Waals surface area contributed by atoms with Gasteiger partial charge in [0, 0.05) is 25.3 Å². The molecule has 0 unspecified atom stereocenters. The lowest BCUT2D eigenvalue weighted by Gasteiger charge is -2.50. The molecule has 1 spiro atoms. The van der Waals surface area contributed by atoms with Crippen molar-refractivity contribution in [3.63, 3.8) is 0 Å². The molecule has 0 saturated heterocycles. The minimum Gasteiger partial charge on any atom is -0.358 e. The summed E-state index contributed by atoms with van der Waals surface area (Å²) in [5, 5.41) is 5.55. The summed E-state index contributed by atoms with van der Waals surface area (Å²) in [6.07, 6.45) is 0. The van der Waals surface area contributed by atoms with Crippen LogP contribution in [-0.4, -0.2) is 43.3 Å². The van der Waals surface area contributed by atoms with E-state index in [-0.39, 0.29) is 30.2 Å². The van der Waals surface area contributed by atoms with E-state index in [1.807, 2.05) is 18.2 Å². The number of amides is 3. The smallest absolute Gasteiger partial charge is 0.276 e. The molecule has 0 bridgehead atoms. The Labute approximate surface area is 169 Å². The Kier molecular flexibility index (Phi) is 4.33. The molecule has 2 N–H and O–H groups in total. The van der Waals surface area contributed by atoms with Gasteiger partial charge in [-0.1, -0.05) is 32.0 Å². The van der Waals surface area contributed by atoms with Crippen molar-refractivity contribution in [2.75, 3.05) is 30.9 Å². The molecule has 2 aliphatic heterocycles. The predicted octanol–water partition coefficient (Wildman–Crippen LogP) is 2.25. The molecule has 2 aliphatic rings. The Hall–Kier alpha value is -3.35. The van der Waals surface area contributed by atoms with Crippen molar-refractivity contribution in [3.8, 4) is 0 Å². The fourth-order valence-electron chi connectivity index (χ4n) is 4.25. The molecule has 2 aromatic rings. The van der Waals surface area contributed by atoms with Gasteiger partial charge in [0.05, 0.1) is 17.8 Å². The minimum absolute atomic E-state index is 0.0656. The van der Waals surface area contributed by atoms with Crippen molar-refractivity contribution in [3.05, 3.63) is 59.2 Å². The van der Waals surface area contributed by atoms with Gasteiger partial charge in [0.2, 0.25) is 11.6 Å². The SMILES string of the molecule is CNC(=O)CN1c2ccccc2C(=O)N(C)[C@@]12C(=O)Nc1ccc(C(C)C)cc12. The van der Waals surface area contributed by atoms with Crippen molar-refractivity contribution >= 4 is 29.1 Å². The Morgan fingerprint density at radius 3 is 2.59 bits per heavy atom. The molecule has 2 heterocycles. The number of para-hydroxylation sites is 1. The van der Waals surface area contributed by atoms with Crippen LogP contribution in [0, 0.1) is 0 Å². The van der Waals surface area contributed by atoms with Crippen LogP contribution in [0.2, 0.25) is 0 Å². The van der Waals surface area contributed by atoms with Gasteiger partial charge in [0.1, 0.15) is 0 Å². The number of rotatable bonds is 3. The lowest BCUT2D eigenvalue weighted by Crippen LogP contribution is -2.66. The lowest BCUT2D eigenvalue weighted by atomic mass is 9.88. The fourth-order valence-corrected chi connectivity index (χ4v) is 4.25. The van der Waals surface area contributed by atoms with Gasteiger partial charge in [-0.2, -0.15) is 0 Å². The highest BCUT2D eigenvalue weighted by atomic mass is 16.2. The number of hydrogen-bond donors (Lipinski definition) is 2. The maximum absolute atomic E-state index is 13.5. The second-order valence-electron chi connectivity index (χ2n) is 7.73.